The van der Waals surface area contributed by atoms with Crippen molar-refractivity contribution >= 4 is 39.8 Å². The van der Waals surface area contributed by atoms with Crippen LogP contribution in [0.4, 0.5) is 0 Å². The van der Waals surface area contributed by atoms with Gasteiger partial charge in [0.25, 0.3) is 0 Å². The van der Waals surface area contributed by atoms with Gasteiger partial charge in [0, 0.05) is 11.4 Å². The molecule has 0 radical (unpaired) electrons. The number of rotatable bonds is 4. The Morgan fingerprint density at radius 2 is 2.38 bits per heavy atom. The van der Waals surface area contributed by atoms with Crippen molar-refractivity contribution in [2.75, 3.05) is 13.2 Å². The molecule has 1 rings (SSSR count). The Hall–Kier alpha value is -0.140. The third kappa shape index (κ3) is 4.06. The zero-order valence-corrected chi connectivity index (χ0v) is 9.89. The van der Waals surface area contributed by atoms with Gasteiger partial charge in [-0.25, -0.2) is 0 Å². The molecule has 0 spiro atoms. The van der Waals surface area contributed by atoms with Crippen LogP contribution in [0.25, 0.3) is 0 Å². The maximum absolute atomic E-state index is 10.6. The average Bonchev–Trinajstić information content (AvgIpc) is 2.51. The summed E-state index contributed by atoms with van der Waals surface area (Å²) in [5.41, 5.74) is 0. The minimum atomic E-state index is -0.429. The monoisotopic (exact) mass is 311 g/mol. The van der Waals surface area contributed by atoms with E-state index in [2.05, 4.69) is 40.0 Å². The molecule has 1 amide bonds. The molecule has 13 heavy (non-hydrogen) atoms. The Morgan fingerprint density at radius 1 is 1.62 bits per heavy atom. The van der Waals surface area contributed by atoms with Gasteiger partial charge in [-0.15, -0.1) is 11.3 Å². The van der Waals surface area contributed by atoms with Gasteiger partial charge in [-0.1, -0.05) is 0 Å². The molecule has 0 unspecified atom stereocenters. The van der Waals surface area contributed by atoms with Crippen LogP contribution in [-0.4, -0.2) is 24.2 Å². The van der Waals surface area contributed by atoms with E-state index in [1.165, 1.54) is 7.76 Å². The van der Waals surface area contributed by atoms with Gasteiger partial charge in [-0.05, 0) is 41.1 Å². The fraction of sp³-hybridized carbons (Fsp3) is 0.375. The maximum atomic E-state index is 10.6. The molecule has 1 aromatic heterocycles. The number of aliphatic hydroxyl groups excluding tert-OH is 1. The van der Waals surface area contributed by atoms with Gasteiger partial charge >= 0.3 is 0 Å². The molecule has 0 atom stereocenters. The van der Waals surface area contributed by atoms with E-state index in [0.29, 0.717) is 6.54 Å². The molecular weight excluding hydrogens is 301 g/mol. The second kappa shape index (κ2) is 5.56. The molecule has 0 aliphatic carbocycles. The molecule has 1 aromatic rings. The molecule has 1 heterocycles. The van der Waals surface area contributed by atoms with E-state index in [-0.39, 0.29) is 5.91 Å². The van der Waals surface area contributed by atoms with Crippen LogP contribution < -0.4 is 5.32 Å². The van der Waals surface area contributed by atoms with Crippen molar-refractivity contribution < 1.29 is 9.90 Å². The van der Waals surface area contributed by atoms with E-state index in [4.69, 9.17) is 5.11 Å². The summed E-state index contributed by atoms with van der Waals surface area (Å²) in [6.45, 7) is 0.165. The van der Waals surface area contributed by atoms with Gasteiger partial charge < -0.3 is 10.4 Å². The molecule has 5 heteroatoms. The minimum Gasteiger partial charge on any atom is -0.387 e. The molecule has 0 aliphatic heterocycles. The van der Waals surface area contributed by atoms with Gasteiger partial charge in [0.1, 0.15) is 6.61 Å². The van der Waals surface area contributed by atoms with Crippen molar-refractivity contribution in [1.29, 1.82) is 0 Å². The lowest BCUT2D eigenvalue weighted by atomic mass is 10.3. The van der Waals surface area contributed by atoms with Crippen LogP contribution in [0, 0.1) is 2.88 Å². The highest BCUT2D eigenvalue weighted by Gasteiger charge is 1.99. The highest BCUT2D eigenvalue weighted by atomic mass is 127. The molecule has 0 aliphatic rings. The Kier molecular flexibility index (Phi) is 4.68. The van der Waals surface area contributed by atoms with Crippen LogP contribution in [0.1, 0.15) is 4.88 Å². The number of nitrogens with one attached hydrogen (secondary N) is 1. The molecule has 2 N–H and O–H groups in total. The Bertz CT molecular complexity index is 287. The van der Waals surface area contributed by atoms with Gasteiger partial charge in [-0.2, -0.15) is 0 Å². The summed E-state index contributed by atoms with van der Waals surface area (Å²) >= 11 is 3.98. The fourth-order valence-electron chi connectivity index (χ4n) is 0.867. The standard InChI is InChI=1S/C8H10INO2S/c9-7-2-1-6(13-7)3-4-10-8(12)5-11/h1-2,11H,3-5H2,(H,10,12). The first-order valence-corrected chi connectivity index (χ1v) is 5.73. The highest BCUT2D eigenvalue weighted by molar-refractivity contribution is 14.1. The second-order valence-electron chi connectivity index (χ2n) is 2.46. The van der Waals surface area contributed by atoms with Gasteiger partial charge in [0.2, 0.25) is 5.91 Å². The van der Waals surface area contributed by atoms with Crippen LogP contribution in [0.5, 0.6) is 0 Å². The van der Waals surface area contributed by atoms with E-state index in [0.717, 1.165) is 6.42 Å². The van der Waals surface area contributed by atoms with Gasteiger partial charge in [0.15, 0.2) is 0 Å². The number of carbonyl (C=O) groups excluding carboxylic acids is 1. The molecule has 0 bridgehead atoms. The van der Waals surface area contributed by atoms with Crippen molar-refractivity contribution in [2.45, 2.75) is 6.42 Å². The van der Waals surface area contributed by atoms with Crippen LogP contribution in [0.15, 0.2) is 12.1 Å². The molecule has 72 valence electrons. The number of hydrogen-bond donors (Lipinski definition) is 2. The average molecular weight is 311 g/mol. The summed E-state index contributed by atoms with van der Waals surface area (Å²) in [5.74, 6) is -0.314. The smallest absolute Gasteiger partial charge is 0.245 e. The van der Waals surface area contributed by atoms with Crippen LogP contribution in [-0.2, 0) is 11.2 Å². The number of aliphatic hydroxyl groups is 1. The second-order valence-corrected chi connectivity index (χ2v) is 5.53. The third-order valence-electron chi connectivity index (χ3n) is 1.47. The van der Waals surface area contributed by atoms with E-state index < -0.39 is 6.61 Å². The number of thiophene rings is 1. The first-order valence-electron chi connectivity index (χ1n) is 3.84. The maximum Gasteiger partial charge on any atom is 0.245 e. The quantitative estimate of drug-likeness (QED) is 0.815. The Labute approximate surface area is 94.3 Å². The number of carbonyl (C=O) groups is 1. The van der Waals surface area contributed by atoms with E-state index >= 15 is 0 Å². The van der Waals surface area contributed by atoms with Crippen molar-refractivity contribution in [1.82, 2.24) is 5.32 Å². The van der Waals surface area contributed by atoms with Crippen molar-refractivity contribution in [3.8, 4) is 0 Å². The lowest BCUT2D eigenvalue weighted by molar-refractivity contribution is -0.123. The predicted octanol–water partition coefficient (Wildman–Crippen LogP) is 1.00. The van der Waals surface area contributed by atoms with Crippen molar-refractivity contribution in [3.63, 3.8) is 0 Å². The first-order chi connectivity index (χ1) is 6.22. The lowest BCUT2D eigenvalue weighted by Crippen LogP contribution is -2.27. The Balaban J connectivity index is 2.24. The van der Waals surface area contributed by atoms with E-state index in [1.54, 1.807) is 11.3 Å². The predicted molar refractivity (Wildman–Crippen MR) is 60.8 cm³/mol. The third-order valence-corrected chi connectivity index (χ3v) is 3.42. The zero-order chi connectivity index (χ0) is 9.68. The number of halogens is 1. The number of amides is 1. The molecule has 0 fully saturated rings. The summed E-state index contributed by atoms with van der Waals surface area (Å²) in [4.78, 5) is 11.9. The SMILES string of the molecule is O=C(CO)NCCc1ccc(I)s1. The fourth-order valence-corrected chi connectivity index (χ4v) is 2.62. The molecule has 0 saturated heterocycles. The van der Waals surface area contributed by atoms with E-state index in [9.17, 15) is 4.79 Å². The van der Waals surface area contributed by atoms with Crippen LogP contribution in [0.2, 0.25) is 0 Å². The van der Waals surface area contributed by atoms with E-state index in [1.807, 2.05) is 0 Å². The van der Waals surface area contributed by atoms with Crippen molar-refractivity contribution in [3.05, 3.63) is 19.9 Å². The highest BCUT2D eigenvalue weighted by Crippen LogP contribution is 2.18. The van der Waals surface area contributed by atoms with Gasteiger partial charge in [-0.3, -0.25) is 4.79 Å². The zero-order valence-electron chi connectivity index (χ0n) is 6.92. The summed E-state index contributed by atoms with van der Waals surface area (Å²) in [6, 6.07) is 4.10. The van der Waals surface area contributed by atoms with Crippen LogP contribution >= 0.6 is 33.9 Å². The molecule has 0 aromatic carbocycles. The minimum absolute atomic E-state index is 0.314. The normalized spacial score (nSPS) is 10.0. The van der Waals surface area contributed by atoms with Crippen LogP contribution in [0.3, 0.4) is 0 Å². The summed E-state index contributed by atoms with van der Waals surface area (Å²) in [5, 5.41) is 11.0. The lowest BCUT2D eigenvalue weighted by Gasteiger charge is -2.00. The summed E-state index contributed by atoms with van der Waals surface area (Å²) < 4.78 is 1.25. The van der Waals surface area contributed by atoms with Crippen molar-refractivity contribution in [2.24, 2.45) is 0 Å². The number of hydrogen-bond acceptors (Lipinski definition) is 3. The first kappa shape index (κ1) is 10.9. The largest absolute Gasteiger partial charge is 0.387 e. The topological polar surface area (TPSA) is 49.3 Å². The summed E-state index contributed by atoms with van der Waals surface area (Å²) in [7, 11) is 0. The Morgan fingerprint density at radius 3 is 2.92 bits per heavy atom. The van der Waals surface area contributed by atoms with Gasteiger partial charge in [0.05, 0.1) is 2.88 Å². The molecule has 3 nitrogen and oxygen atoms in total. The molecule has 0 saturated carbocycles. The molecular formula is C8H10INO2S. The summed E-state index contributed by atoms with van der Waals surface area (Å²) in [6.07, 6.45) is 0.833.